The van der Waals surface area contributed by atoms with Crippen LogP contribution in [0, 0.1) is 5.82 Å². The molecule has 1 fully saturated rings. The van der Waals surface area contributed by atoms with Gasteiger partial charge in [0.25, 0.3) is 0 Å². The minimum atomic E-state index is -0.256. The molecule has 0 spiro atoms. The lowest BCUT2D eigenvalue weighted by Gasteiger charge is -2.25. The highest BCUT2D eigenvalue weighted by Gasteiger charge is 2.23. The van der Waals surface area contributed by atoms with Crippen molar-refractivity contribution in [3.63, 3.8) is 0 Å². The summed E-state index contributed by atoms with van der Waals surface area (Å²) in [5.41, 5.74) is 4.38. The van der Waals surface area contributed by atoms with Crippen LogP contribution in [0.15, 0.2) is 73.2 Å². The van der Waals surface area contributed by atoms with Crippen LogP contribution < -0.4 is 5.32 Å². The van der Waals surface area contributed by atoms with Gasteiger partial charge < -0.3 is 9.88 Å². The first-order valence-electron chi connectivity index (χ1n) is 10.8. The highest BCUT2D eigenvalue weighted by Crippen LogP contribution is 2.37. The molecule has 31 heavy (non-hydrogen) atoms. The molecule has 156 valence electrons. The highest BCUT2D eigenvalue weighted by atomic mass is 19.1. The Hall–Kier alpha value is -3.54. The van der Waals surface area contributed by atoms with Crippen molar-refractivity contribution in [2.75, 3.05) is 5.32 Å². The molecule has 2 heterocycles. The maximum absolute atomic E-state index is 13.5. The number of hydrogen-bond donors (Lipinski definition) is 1. The molecule has 1 N–H and O–H groups in total. The monoisotopic (exact) mass is 413 g/mol. The third-order valence-electron chi connectivity index (χ3n) is 5.81. The van der Waals surface area contributed by atoms with E-state index in [1.165, 1.54) is 31.4 Å². The van der Waals surface area contributed by atoms with Crippen LogP contribution in [0.4, 0.5) is 16.0 Å². The topological polar surface area (TPSA) is 55.6 Å². The van der Waals surface area contributed by atoms with Gasteiger partial charge in [-0.05, 0) is 55.3 Å². The lowest BCUT2D eigenvalue weighted by atomic mass is 9.95. The molecule has 4 aromatic rings. The Labute approximate surface area is 181 Å². The zero-order valence-corrected chi connectivity index (χ0v) is 17.2. The molecule has 5 nitrogen and oxygen atoms in total. The van der Waals surface area contributed by atoms with E-state index in [0.29, 0.717) is 12.0 Å². The number of nitrogens with one attached hydrogen (secondary N) is 1. The lowest BCUT2D eigenvalue weighted by molar-refractivity contribution is 0.355. The molecule has 0 bridgehead atoms. The van der Waals surface area contributed by atoms with Crippen molar-refractivity contribution in [1.82, 2.24) is 19.5 Å². The van der Waals surface area contributed by atoms with E-state index in [9.17, 15) is 4.39 Å². The zero-order chi connectivity index (χ0) is 21.0. The standard InChI is InChI=1S/C25H24FN5/c26-19-13-11-18(12-14-19)23-24(31(17-28-23)21-9-5-2-6-10-21)22-15-16-27-25(30-22)29-20-7-3-1-4-8-20/h1,3-4,7-8,11-17,21H,2,5-6,9-10H2,(H,27,29,30). The van der Waals surface area contributed by atoms with E-state index in [-0.39, 0.29) is 5.82 Å². The summed E-state index contributed by atoms with van der Waals surface area (Å²) >= 11 is 0. The number of anilines is 2. The van der Waals surface area contributed by atoms with Gasteiger partial charge in [0.2, 0.25) is 5.95 Å². The minimum Gasteiger partial charge on any atom is -0.326 e. The summed E-state index contributed by atoms with van der Waals surface area (Å²) in [7, 11) is 0. The largest absolute Gasteiger partial charge is 0.326 e. The molecule has 2 aromatic heterocycles. The molecule has 0 unspecified atom stereocenters. The lowest BCUT2D eigenvalue weighted by Crippen LogP contribution is -2.13. The Kier molecular flexibility index (Phi) is 5.44. The summed E-state index contributed by atoms with van der Waals surface area (Å²) in [6, 6.07) is 18.7. The number of imidazole rings is 1. The van der Waals surface area contributed by atoms with Gasteiger partial charge in [-0.3, -0.25) is 0 Å². The van der Waals surface area contributed by atoms with Crippen LogP contribution in [0.2, 0.25) is 0 Å². The number of rotatable bonds is 5. The minimum absolute atomic E-state index is 0.256. The van der Waals surface area contributed by atoms with Crippen molar-refractivity contribution in [3.05, 3.63) is 79.0 Å². The van der Waals surface area contributed by atoms with E-state index < -0.39 is 0 Å². The normalized spacial score (nSPS) is 14.5. The van der Waals surface area contributed by atoms with Gasteiger partial charge in [0.1, 0.15) is 5.82 Å². The number of nitrogens with zero attached hydrogens (tertiary/aromatic N) is 4. The summed E-state index contributed by atoms with van der Waals surface area (Å²) in [5.74, 6) is 0.276. The third kappa shape index (κ3) is 4.19. The van der Waals surface area contributed by atoms with Crippen molar-refractivity contribution < 1.29 is 4.39 Å². The van der Waals surface area contributed by atoms with Crippen molar-refractivity contribution in [2.24, 2.45) is 0 Å². The van der Waals surface area contributed by atoms with Crippen LogP contribution in [0.25, 0.3) is 22.6 Å². The first-order chi connectivity index (χ1) is 15.3. The maximum atomic E-state index is 13.5. The second-order valence-corrected chi connectivity index (χ2v) is 7.90. The summed E-state index contributed by atoms with van der Waals surface area (Å²) < 4.78 is 15.8. The summed E-state index contributed by atoms with van der Waals surface area (Å²) in [6.45, 7) is 0. The Morgan fingerprint density at radius 1 is 0.871 bits per heavy atom. The summed E-state index contributed by atoms with van der Waals surface area (Å²) in [4.78, 5) is 14.0. The van der Waals surface area contributed by atoms with E-state index in [1.807, 2.05) is 42.7 Å². The highest BCUT2D eigenvalue weighted by molar-refractivity contribution is 5.77. The molecule has 2 aromatic carbocycles. The van der Waals surface area contributed by atoms with Crippen LogP contribution in [0.5, 0.6) is 0 Å². The number of benzene rings is 2. The second kappa shape index (κ2) is 8.68. The van der Waals surface area contributed by atoms with E-state index in [1.54, 1.807) is 18.3 Å². The Balaban J connectivity index is 1.58. The molecule has 6 heteroatoms. The van der Waals surface area contributed by atoms with Crippen molar-refractivity contribution in [1.29, 1.82) is 0 Å². The smallest absolute Gasteiger partial charge is 0.227 e. The predicted octanol–water partition coefficient (Wildman–Crippen LogP) is 6.40. The fourth-order valence-corrected chi connectivity index (χ4v) is 4.27. The Morgan fingerprint density at radius 2 is 1.65 bits per heavy atom. The van der Waals surface area contributed by atoms with Crippen molar-refractivity contribution >= 4 is 11.6 Å². The SMILES string of the molecule is Fc1ccc(-c2ncn(C3CCCCC3)c2-c2ccnc(Nc3ccccc3)n2)cc1. The van der Waals surface area contributed by atoms with E-state index in [0.717, 1.165) is 41.2 Å². The number of hydrogen-bond acceptors (Lipinski definition) is 4. The molecule has 0 aliphatic heterocycles. The first kappa shape index (κ1) is 19.4. The molecule has 0 saturated heterocycles. The fourth-order valence-electron chi connectivity index (χ4n) is 4.27. The third-order valence-corrected chi connectivity index (χ3v) is 5.81. The van der Waals surface area contributed by atoms with E-state index in [4.69, 9.17) is 9.97 Å². The number of halogens is 1. The van der Waals surface area contributed by atoms with E-state index in [2.05, 4.69) is 14.9 Å². The molecule has 0 radical (unpaired) electrons. The van der Waals surface area contributed by atoms with Gasteiger partial charge in [0.05, 0.1) is 23.4 Å². The van der Waals surface area contributed by atoms with Gasteiger partial charge in [0.15, 0.2) is 0 Å². The average Bonchev–Trinajstić information content (AvgIpc) is 3.26. The van der Waals surface area contributed by atoms with Gasteiger partial charge in [-0.2, -0.15) is 0 Å². The number of para-hydroxylation sites is 1. The molecular formula is C25H24FN5. The molecule has 5 rings (SSSR count). The van der Waals surface area contributed by atoms with Gasteiger partial charge in [-0.15, -0.1) is 0 Å². The van der Waals surface area contributed by atoms with Crippen LogP contribution in [-0.4, -0.2) is 19.5 Å². The number of aromatic nitrogens is 4. The molecule has 0 atom stereocenters. The summed E-state index contributed by atoms with van der Waals surface area (Å²) in [5, 5.41) is 3.27. The Morgan fingerprint density at radius 3 is 2.42 bits per heavy atom. The van der Waals surface area contributed by atoms with Crippen molar-refractivity contribution in [3.8, 4) is 22.6 Å². The van der Waals surface area contributed by atoms with Crippen LogP contribution in [-0.2, 0) is 0 Å². The average molecular weight is 414 g/mol. The summed E-state index contributed by atoms with van der Waals surface area (Å²) in [6.07, 6.45) is 9.66. The quantitative estimate of drug-likeness (QED) is 0.412. The molecule has 1 aliphatic carbocycles. The maximum Gasteiger partial charge on any atom is 0.227 e. The molecule has 1 aliphatic rings. The first-order valence-corrected chi connectivity index (χ1v) is 10.8. The van der Waals surface area contributed by atoms with Crippen molar-refractivity contribution in [2.45, 2.75) is 38.1 Å². The van der Waals surface area contributed by atoms with Gasteiger partial charge in [-0.25, -0.2) is 19.3 Å². The van der Waals surface area contributed by atoms with Gasteiger partial charge >= 0.3 is 0 Å². The molecule has 0 amide bonds. The van der Waals surface area contributed by atoms with Crippen LogP contribution >= 0.6 is 0 Å². The zero-order valence-electron chi connectivity index (χ0n) is 17.2. The van der Waals surface area contributed by atoms with Gasteiger partial charge in [0, 0.05) is 23.5 Å². The van der Waals surface area contributed by atoms with Crippen LogP contribution in [0.3, 0.4) is 0 Å². The van der Waals surface area contributed by atoms with Crippen LogP contribution in [0.1, 0.15) is 38.1 Å². The molecule has 1 saturated carbocycles. The molecular weight excluding hydrogens is 389 g/mol. The fraction of sp³-hybridized carbons (Fsp3) is 0.240. The Bertz CT molecular complexity index is 1150. The van der Waals surface area contributed by atoms with E-state index >= 15 is 0 Å². The predicted molar refractivity (Wildman–Crippen MR) is 120 cm³/mol. The second-order valence-electron chi connectivity index (χ2n) is 7.90. The van der Waals surface area contributed by atoms with Gasteiger partial charge in [-0.1, -0.05) is 37.5 Å².